The minimum atomic E-state index is -3.38. The molecular weight excluding hydrogens is 1230 g/mol. The number of benzene rings is 9. The van der Waals surface area contributed by atoms with Gasteiger partial charge < -0.3 is 14.4 Å². The first-order valence-electron chi connectivity index (χ1n) is 29.9. The zero-order valence-electron chi connectivity index (χ0n) is 52.0. The summed E-state index contributed by atoms with van der Waals surface area (Å²) in [4.78, 5) is 10.1. The van der Waals surface area contributed by atoms with Gasteiger partial charge in [-0.2, -0.15) is 46.3 Å². The molecule has 0 N–H and O–H groups in total. The van der Waals surface area contributed by atoms with Gasteiger partial charge in [-0.3, -0.25) is 0 Å². The number of anilines is 4. The Balaban J connectivity index is 0.00000752. The molecule has 0 atom stereocenters. The Kier molecular flexibility index (Phi) is 15.4. The molecule has 4 nitrogen and oxygen atoms in total. The molecule has 0 saturated heterocycles. The van der Waals surface area contributed by atoms with Crippen LogP contribution in [0.15, 0.2) is 219 Å². The van der Waals surface area contributed by atoms with Crippen molar-refractivity contribution >= 4 is 73.4 Å². The Bertz CT molecular complexity index is 4160. The fourth-order valence-electron chi connectivity index (χ4n) is 12.4. The van der Waals surface area contributed by atoms with E-state index in [-0.39, 0.29) is 48.1 Å². The topological polar surface area (TPSA) is 24.3 Å². The van der Waals surface area contributed by atoms with Crippen LogP contribution in [-0.2, 0) is 48.1 Å². The summed E-state index contributed by atoms with van der Waals surface area (Å²) in [6.07, 6.45) is 2.00. The van der Waals surface area contributed by atoms with Crippen LogP contribution >= 0.6 is 0 Å². The first-order chi connectivity index (χ1) is 39.9. The summed E-state index contributed by atoms with van der Waals surface area (Å²) in [5.41, 5.74) is 15.9. The van der Waals surface area contributed by atoms with Crippen LogP contribution in [0.1, 0.15) is 130 Å². The fourth-order valence-corrected chi connectivity index (χ4v) is 17.0. The summed E-state index contributed by atoms with van der Waals surface area (Å²) in [6, 6.07) is 88.3. The van der Waals surface area contributed by atoms with E-state index in [1.807, 2.05) is 6.20 Å². The van der Waals surface area contributed by atoms with Gasteiger partial charge in [0.1, 0.15) is 13.9 Å². The van der Waals surface area contributed by atoms with Crippen molar-refractivity contribution in [2.75, 3.05) is 9.80 Å². The van der Waals surface area contributed by atoms with E-state index in [1.54, 1.807) is 0 Å². The van der Waals surface area contributed by atoms with E-state index in [4.69, 9.17) is 4.98 Å². The number of aromatic nitrogens is 2. The van der Waals surface area contributed by atoms with Crippen LogP contribution < -0.4 is 30.5 Å². The van der Waals surface area contributed by atoms with E-state index in [0.29, 0.717) is 0 Å². The van der Waals surface area contributed by atoms with Crippen LogP contribution in [0, 0.1) is 18.8 Å². The van der Waals surface area contributed by atoms with Crippen molar-refractivity contribution < 1.29 is 21.1 Å². The van der Waals surface area contributed by atoms with Crippen molar-refractivity contribution in [1.29, 1.82) is 0 Å². The first-order valence-corrected chi connectivity index (χ1v) is 31.9. The molecule has 0 bridgehead atoms. The number of hydrogen-bond donors (Lipinski definition) is 0. The molecule has 9 aromatic carbocycles. The predicted molar refractivity (Wildman–Crippen MR) is 360 cm³/mol. The van der Waals surface area contributed by atoms with E-state index in [1.165, 1.54) is 60.1 Å². The summed E-state index contributed by atoms with van der Waals surface area (Å²) in [5, 5.41) is 7.11. The molecule has 6 heteroatoms. The number of hydrogen-bond acceptors (Lipinski definition) is 3. The maximum Gasteiger partial charge on any atom is 0.135 e. The quantitative estimate of drug-likeness (QED) is 0.0775. The van der Waals surface area contributed by atoms with Crippen LogP contribution in [0.25, 0.3) is 38.8 Å². The fraction of sp³-hybridized carbons (Fsp3) is 0.241. The van der Waals surface area contributed by atoms with E-state index in [0.717, 1.165) is 55.6 Å². The second kappa shape index (κ2) is 22.1. The number of rotatable bonds is 10. The third-order valence-electron chi connectivity index (χ3n) is 17.7. The van der Waals surface area contributed by atoms with Crippen molar-refractivity contribution in [3.05, 3.63) is 271 Å². The van der Waals surface area contributed by atoms with Gasteiger partial charge in [0.2, 0.25) is 0 Å². The SMILES string of the molecule is CC(C)(C)c1ccc(C(C)(C)c2ccnc(-n3c4[c-]c([Si](c5[c-]c(N6[CH-]N(c7cc(C(C)(C)C)cc(C(C)(C)C)c7)c7ccccc76)cc(C(C)(C)C)c5)(c5ccccc5)c5ccccc5)ccc4c4cc(-c5ccccc5)ccc43)c2)cc1.[Pt]. The summed E-state index contributed by atoms with van der Waals surface area (Å²) < 4.78 is 2.38. The summed E-state index contributed by atoms with van der Waals surface area (Å²) in [6.45, 7) is 34.7. The Morgan fingerprint density at radius 1 is 0.400 bits per heavy atom. The summed E-state index contributed by atoms with van der Waals surface area (Å²) in [7, 11) is -3.38. The summed E-state index contributed by atoms with van der Waals surface area (Å²) in [5.74, 6) is 0.860. The maximum atomic E-state index is 5.29. The van der Waals surface area contributed by atoms with E-state index in [9.17, 15) is 0 Å². The van der Waals surface area contributed by atoms with Gasteiger partial charge in [0.05, 0.1) is 0 Å². The van der Waals surface area contributed by atoms with Crippen LogP contribution in [-0.4, -0.2) is 17.6 Å². The van der Waals surface area contributed by atoms with Crippen LogP contribution in [0.3, 0.4) is 0 Å². The van der Waals surface area contributed by atoms with Crippen molar-refractivity contribution in [2.24, 2.45) is 0 Å². The number of nitrogens with zero attached hydrogens (tertiary/aromatic N) is 4. The predicted octanol–water partition coefficient (Wildman–Crippen LogP) is 17.7. The van der Waals surface area contributed by atoms with Gasteiger partial charge in [-0.15, -0.1) is 23.8 Å². The Morgan fingerprint density at radius 3 is 1.51 bits per heavy atom. The average molecular weight is 1310 g/mol. The summed E-state index contributed by atoms with van der Waals surface area (Å²) >= 11 is 0. The molecular formula is C79H79N4PtSi-3. The van der Waals surface area contributed by atoms with Crippen LogP contribution in [0.2, 0.25) is 0 Å². The zero-order chi connectivity index (χ0) is 59.1. The van der Waals surface area contributed by atoms with Gasteiger partial charge in [-0.05, 0) is 119 Å². The van der Waals surface area contributed by atoms with Crippen molar-refractivity contribution in [1.82, 2.24) is 9.55 Å². The average Bonchev–Trinajstić information content (AvgIpc) is 1.93. The molecule has 85 heavy (non-hydrogen) atoms. The first kappa shape index (κ1) is 59.2. The molecule has 2 aromatic heterocycles. The minimum absolute atomic E-state index is 0. The molecule has 432 valence electrons. The Hall–Kier alpha value is -7.56. The molecule has 0 aliphatic carbocycles. The van der Waals surface area contributed by atoms with Crippen LogP contribution in [0.4, 0.5) is 22.7 Å². The Labute approximate surface area is 521 Å². The maximum absolute atomic E-state index is 5.29. The molecule has 0 radical (unpaired) electrons. The van der Waals surface area contributed by atoms with Gasteiger partial charge in [0.25, 0.3) is 0 Å². The third-order valence-corrected chi connectivity index (χ3v) is 22.3. The van der Waals surface area contributed by atoms with Gasteiger partial charge in [0, 0.05) is 55.3 Å². The molecule has 12 rings (SSSR count). The molecule has 1 aliphatic heterocycles. The monoisotopic (exact) mass is 1310 g/mol. The zero-order valence-corrected chi connectivity index (χ0v) is 55.2. The Morgan fingerprint density at radius 2 is 0.929 bits per heavy atom. The molecule has 1 aliphatic rings. The molecule has 0 fully saturated rings. The van der Waals surface area contributed by atoms with E-state index < -0.39 is 8.07 Å². The number of fused-ring (bicyclic) bond motifs is 4. The molecule has 3 heterocycles. The smallest absolute Gasteiger partial charge is 0.135 e. The molecule has 11 aromatic rings. The number of pyridine rings is 1. The largest absolute Gasteiger partial charge is 0.493 e. The van der Waals surface area contributed by atoms with Gasteiger partial charge >= 0.3 is 0 Å². The minimum Gasteiger partial charge on any atom is -0.493 e. The van der Waals surface area contributed by atoms with E-state index in [2.05, 4.69) is 342 Å². The van der Waals surface area contributed by atoms with Crippen LogP contribution in [0.5, 0.6) is 0 Å². The molecule has 0 saturated carbocycles. The van der Waals surface area contributed by atoms with Gasteiger partial charge in [-0.1, -0.05) is 248 Å². The third kappa shape index (κ3) is 10.9. The normalized spacial score (nSPS) is 13.3. The standard InChI is InChI=1S/C79H79N4Si.Pt/c1-75(2,3)56-35-37-57(38-36-56)79(13,14)58-42-43-80-74(50-58)83-70-41-34-55(54-26-18-15-19-27-54)44-69(70)68-40-39-66(52-73(68)83)84(64-28-20-16-21-29-64,65-30-22-17-23-31-65)67-49-61(78(10,11)12)48-63(51-67)82-53-81(71-32-24-25-33-72(71)82)62-46-59(76(4,5)6)45-60(47-62)77(7,8)9;/h15-50,53H,1-14H3;/q-3;. The van der Waals surface area contributed by atoms with Crippen molar-refractivity contribution in [3.63, 3.8) is 0 Å². The van der Waals surface area contributed by atoms with Crippen molar-refractivity contribution in [3.8, 4) is 16.9 Å². The molecule has 0 unspecified atom stereocenters. The molecule has 0 amide bonds. The van der Waals surface area contributed by atoms with E-state index >= 15 is 0 Å². The number of para-hydroxylation sites is 2. The second-order valence-electron chi connectivity index (χ2n) is 27.9. The second-order valence-corrected chi connectivity index (χ2v) is 31.7. The van der Waals surface area contributed by atoms with Crippen molar-refractivity contribution in [2.45, 2.75) is 124 Å². The van der Waals surface area contributed by atoms with Gasteiger partial charge in [-0.25, -0.2) is 4.98 Å². The van der Waals surface area contributed by atoms with Gasteiger partial charge in [0.15, 0.2) is 0 Å². The molecule has 0 spiro atoms.